The Bertz CT molecular complexity index is 1100. The van der Waals surface area contributed by atoms with Crippen LogP contribution in [0, 0.1) is 13.8 Å². The summed E-state index contributed by atoms with van der Waals surface area (Å²) in [5, 5.41) is 4.06. The highest BCUT2D eigenvalue weighted by atomic mass is 16.5. The number of Topliss-reactive ketones (excluding diaryl/α,β-unsaturated/α-hetero) is 1. The Kier molecular flexibility index (Phi) is 6.45. The minimum atomic E-state index is -0.400. The molecule has 0 bridgehead atoms. The van der Waals surface area contributed by atoms with E-state index in [1.807, 2.05) is 18.2 Å². The van der Waals surface area contributed by atoms with E-state index in [4.69, 9.17) is 9.26 Å². The van der Waals surface area contributed by atoms with Crippen LogP contribution in [-0.2, 0) is 4.74 Å². The molecule has 0 unspecified atom stereocenters. The van der Waals surface area contributed by atoms with Crippen LogP contribution in [0.4, 0.5) is 0 Å². The number of aromatic amines is 1. The van der Waals surface area contributed by atoms with E-state index in [0.29, 0.717) is 53.1 Å². The molecule has 1 saturated heterocycles. The lowest BCUT2D eigenvalue weighted by Crippen LogP contribution is -2.37. The predicted octanol–water partition coefficient (Wildman–Crippen LogP) is 3.32. The van der Waals surface area contributed by atoms with Crippen LogP contribution in [0.3, 0.4) is 0 Å². The largest absolute Gasteiger partial charge is 0.462 e. The number of nitrogens with zero attached hydrogens (tertiary/aromatic N) is 4. The van der Waals surface area contributed by atoms with E-state index in [2.05, 4.69) is 25.0 Å². The average Bonchev–Trinajstić information content (AvgIpc) is 3.40. The maximum Gasteiger partial charge on any atom is 0.340 e. The molecule has 4 rings (SSSR count). The number of rotatable bonds is 7. The predicted molar refractivity (Wildman–Crippen MR) is 116 cm³/mol. The smallest absolute Gasteiger partial charge is 0.340 e. The maximum absolute atomic E-state index is 12.9. The van der Waals surface area contributed by atoms with Crippen LogP contribution in [-0.4, -0.2) is 63.0 Å². The lowest BCUT2D eigenvalue weighted by atomic mass is 9.96. The molecule has 3 aromatic heterocycles. The molecule has 1 N–H and O–H groups in total. The van der Waals surface area contributed by atoms with Gasteiger partial charge in [-0.3, -0.25) is 14.7 Å². The minimum Gasteiger partial charge on any atom is -0.462 e. The van der Waals surface area contributed by atoms with Gasteiger partial charge in [-0.15, -0.1) is 0 Å². The third-order valence-electron chi connectivity index (χ3n) is 5.84. The fraction of sp³-hybridized carbons (Fsp3) is 0.435. The van der Waals surface area contributed by atoms with Gasteiger partial charge in [-0.05, 0) is 64.4 Å². The fourth-order valence-electron chi connectivity index (χ4n) is 4.16. The van der Waals surface area contributed by atoms with Crippen molar-refractivity contribution in [3.8, 4) is 11.5 Å². The SMILES string of the molecule is CCOC(=O)c1c(C)[nH]c(C(=O)CN2CCC(c3nc(-c4ccccn4)no3)CC2)c1C. The van der Waals surface area contributed by atoms with E-state index < -0.39 is 5.97 Å². The summed E-state index contributed by atoms with van der Waals surface area (Å²) in [7, 11) is 0. The van der Waals surface area contributed by atoms with E-state index in [1.54, 1.807) is 27.0 Å². The number of pyridine rings is 1. The lowest BCUT2D eigenvalue weighted by Gasteiger charge is -2.29. The van der Waals surface area contributed by atoms with Gasteiger partial charge in [0.1, 0.15) is 5.69 Å². The molecule has 0 saturated carbocycles. The number of piperidine rings is 1. The number of esters is 1. The van der Waals surface area contributed by atoms with Crippen molar-refractivity contribution in [1.82, 2.24) is 25.0 Å². The molecule has 1 aliphatic rings. The van der Waals surface area contributed by atoms with E-state index in [9.17, 15) is 9.59 Å². The number of carbonyl (C=O) groups excluding carboxylic acids is 2. The first-order valence-corrected chi connectivity index (χ1v) is 10.8. The van der Waals surface area contributed by atoms with Gasteiger partial charge in [0.15, 0.2) is 5.78 Å². The second kappa shape index (κ2) is 9.44. The molecule has 0 atom stereocenters. The molecule has 0 aromatic carbocycles. The first-order chi connectivity index (χ1) is 15.5. The minimum absolute atomic E-state index is 0.0326. The lowest BCUT2D eigenvalue weighted by molar-refractivity contribution is 0.0525. The number of H-pyrrole nitrogens is 1. The molecular weight excluding hydrogens is 410 g/mol. The van der Waals surface area contributed by atoms with Crippen LogP contribution in [0.5, 0.6) is 0 Å². The molecule has 168 valence electrons. The van der Waals surface area contributed by atoms with Gasteiger partial charge in [0.05, 0.1) is 24.4 Å². The van der Waals surface area contributed by atoms with Crippen molar-refractivity contribution in [2.75, 3.05) is 26.2 Å². The van der Waals surface area contributed by atoms with Gasteiger partial charge in [0, 0.05) is 17.8 Å². The van der Waals surface area contributed by atoms with Gasteiger partial charge in [0.25, 0.3) is 0 Å². The van der Waals surface area contributed by atoms with E-state index in [-0.39, 0.29) is 11.7 Å². The average molecular weight is 438 g/mol. The van der Waals surface area contributed by atoms with Gasteiger partial charge in [-0.1, -0.05) is 11.2 Å². The summed E-state index contributed by atoms with van der Waals surface area (Å²) in [6, 6.07) is 5.58. The molecular formula is C23H27N5O4. The Balaban J connectivity index is 1.36. The van der Waals surface area contributed by atoms with E-state index in [0.717, 1.165) is 25.9 Å². The quantitative estimate of drug-likeness (QED) is 0.442. The summed E-state index contributed by atoms with van der Waals surface area (Å²) in [4.78, 5) is 39.1. The van der Waals surface area contributed by atoms with Crippen molar-refractivity contribution in [3.63, 3.8) is 0 Å². The van der Waals surface area contributed by atoms with Crippen LogP contribution >= 0.6 is 0 Å². The van der Waals surface area contributed by atoms with Crippen LogP contribution in [0.25, 0.3) is 11.5 Å². The highest BCUT2D eigenvalue weighted by Crippen LogP contribution is 2.28. The van der Waals surface area contributed by atoms with Crippen molar-refractivity contribution in [2.45, 2.75) is 39.5 Å². The zero-order valence-corrected chi connectivity index (χ0v) is 18.6. The number of ether oxygens (including phenoxy) is 1. The summed E-state index contributed by atoms with van der Waals surface area (Å²) < 4.78 is 10.6. The number of likely N-dealkylation sites (tertiary alicyclic amines) is 1. The zero-order valence-electron chi connectivity index (χ0n) is 18.6. The highest BCUT2D eigenvalue weighted by molar-refractivity contribution is 6.02. The summed E-state index contributed by atoms with van der Waals surface area (Å²) >= 11 is 0. The van der Waals surface area contributed by atoms with E-state index in [1.165, 1.54) is 0 Å². The number of aryl methyl sites for hydroxylation is 1. The second-order valence-electron chi connectivity index (χ2n) is 7.99. The van der Waals surface area contributed by atoms with Crippen LogP contribution < -0.4 is 0 Å². The Morgan fingerprint density at radius 3 is 2.72 bits per heavy atom. The Morgan fingerprint density at radius 1 is 1.25 bits per heavy atom. The molecule has 1 fully saturated rings. The van der Waals surface area contributed by atoms with Crippen molar-refractivity contribution in [1.29, 1.82) is 0 Å². The zero-order chi connectivity index (χ0) is 22.7. The highest BCUT2D eigenvalue weighted by Gasteiger charge is 2.28. The number of nitrogens with one attached hydrogen (secondary N) is 1. The van der Waals surface area contributed by atoms with Gasteiger partial charge >= 0.3 is 5.97 Å². The number of aromatic nitrogens is 4. The molecule has 3 aromatic rings. The van der Waals surface area contributed by atoms with Crippen molar-refractivity contribution < 1.29 is 18.8 Å². The van der Waals surface area contributed by atoms with E-state index >= 15 is 0 Å². The first kappa shape index (κ1) is 21.9. The molecule has 0 radical (unpaired) electrons. The number of ketones is 1. The van der Waals surface area contributed by atoms with Gasteiger partial charge in [0.2, 0.25) is 11.7 Å². The molecule has 0 amide bonds. The van der Waals surface area contributed by atoms with Crippen molar-refractivity contribution in [2.24, 2.45) is 0 Å². The van der Waals surface area contributed by atoms with Crippen LogP contribution in [0.15, 0.2) is 28.9 Å². The van der Waals surface area contributed by atoms with Gasteiger partial charge < -0.3 is 14.2 Å². The molecule has 1 aliphatic heterocycles. The Hall–Kier alpha value is -3.33. The fourth-order valence-corrected chi connectivity index (χ4v) is 4.16. The number of hydrogen-bond donors (Lipinski definition) is 1. The number of carbonyl (C=O) groups is 2. The summed E-state index contributed by atoms with van der Waals surface area (Å²) in [5.41, 5.74) is 2.92. The topological polar surface area (TPSA) is 114 Å². The van der Waals surface area contributed by atoms with Gasteiger partial charge in [-0.25, -0.2) is 4.79 Å². The Morgan fingerprint density at radius 2 is 2.03 bits per heavy atom. The third kappa shape index (κ3) is 4.47. The number of hydrogen-bond acceptors (Lipinski definition) is 8. The second-order valence-corrected chi connectivity index (χ2v) is 7.99. The monoisotopic (exact) mass is 437 g/mol. The third-order valence-corrected chi connectivity index (χ3v) is 5.84. The molecule has 0 spiro atoms. The molecule has 9 heteroatoms. The summed E-state index contributed by atoms with van der Waals surface area (Å²) in [6.45, 7) is 7.42. The standard InChI is InChI=1S/C23H27N5O4/c1-4-31-23(30)19-14(2)20(25-15(19)3)18(29)13-28-11-8-16(9-12-28)22-26-21(27-32-22)17-7-5-6-10-24-17/h5-7,10,16,25H,4,8-9,11-13H2,1-3H3. The molecule has 4 heterocycles. The maximum atomic E-state index is 12.9. The molecule has 32 heavy (non-hydrogen) atoms. The Labute approximate surface area is 186 Å². The first-order valence-electron chi connectivity index (χ1n) is 10.8. The van der Waals surface area contributed by atoms with Crippen molar-refractivity contribution >= 4 is 11.8 Å². The normalized spacial score (nSPS) is 15.1. The van der Waals surface area contributed by atoms with Crippen LogP contribution in [0.1, 0.15) is 63.7 Å². The van der Waals surface area contributed by atoms with Crippen molar-refractivity contribution in [3.05, 3.63) is 52.8 Å². The summed E-state index contributed by atoms with van der Waals surface area (Å²) in [5.74, 6) is 0.842. The molecule has 9 nitrogen and oxygen atoms in total. The summed E-state index contributed by atoms with van der Waals surface area (Å²) in [6.07, 6.45) is 3.35. The van der Waals surface area contributed by atoms with Crippen LogP contribution in [0.2, 0.25) is 0 Å². The molecule has 0 aliphatic carbocycles. The van der Waals surface area contributed by atoms with Gasteiger partial charge in [-0.2, -0.15) is 4.98 Å².